The van der Waals surface area contributed by atoms with Crippen LogP contribution in [0.2, 0.25) is 0 Å². The maximum Gasteiger partial charge on any atom is 0.346 e. The van der Waals surface area contributed by atoms with Gasteiger partial charge in [0.15, 0.2) is 0 Å². The van der Waals surface area contributed by atoms with Gasteiger partial charge in [0.1, 0.15) is 5.75 Å². The Kier molecular flexibility index (Phi) is 5.81. The van der Waals surface area contributed by atoms with E-state index in [0.717, 1.165) is 5.56 Å². The fourth-order valence-electron chi connectivity index (χ4n) is 4.51. The Hall–Kier alpha value is -3.15. The summed E-state index contributed by atoms with van der Waals surface area (Å²) in [6.45, 7) is 8.06. The normalized spacial score (nSPS) is 24.5. The maximum atomic E-state index is 13.4. The minimum atomic E-state index is -2.44. The lowest BCUT2D eigenvalue weighted by Crippen LogP contribution is -2.66. The van der Waals surface area contributed by atoms with E-state index in [0.29, 0.717) is 16.9 Å². The lowest BCUT2D eigenvalue weighted by Gasteiger charge is -2.49. The lowest BCUT2D eigenvalue weighted by atomic mass is 9.68. The molecule has 0 bridgehead atoms. The average molecular weight is 447 g/mol. The standard InChI is InChI=1S/C28H30O5/c1-5-32-25(29)27(30)24(19-15-17-20(18-16-19)26(2,3)4)22-13-9-10-14-23(22)33-28(27,31)21-11-7-6-8-12-21/h6-18,24,30-31H,5H2,1-4H3/t24-,27+,28-/m0/s1. The summed E-state index contributed by atoms with van der Waals surface area (Å²) in [5, 5.41) is 24.1. The van der Waals surface area contributed by atoms with Crippen molar-refractivity contribution < 1.29 is 24.5 Å². The molecule has 0 amide bonds. The van der Waals surface area contributed by atoms with Gasteiger partial charge < -0.3 is 19.7 Å². The van der Waals surface area contributed by atoms with Gasteiger partial charge in [-0.15, -0.1) is 0 Å². The van der Waals surface area contributed by atoms with Crippen LogP contribution in [0.1, 0.15) is 55.9 Å². The molecular weight excluding hydrogens is 416 g/mol. The van der Waals surface area contributed by atoms with Crippen LogP contribution in [-0.4, -0.2) is 28.4 Å². The van der Waals surface area contributed by atoms with Crippen LogP contribution >= 0.6 is 0 Å². The quantitative estimate of drug-likeness (QED) is 0.571. The van der Waals surface area contributed by atoms with E-state index in [1.807, 2.05) is 30.3 Å². The SMILES string of the molecule is CCOC(=O)[C@]1(O)[C@@H](c2ccc(C(C)(C)C)cc2)c2ccccc2O[C@@]1(O)c1ccccc1. The van der Waals surface area contributed by atoms with E-state index in [1.54, 1.807) is 55.5 Å². The summed E-state index contributed by atoms with van der Waals surface area (Å²) in [4.78, 5) is 13.4. The van der Waals surface area contributed by atoms with Crippen molar-refractivity contribution in [3.63, 3.8) is 0 Å². The van der Waals surface area contributed by atoms with Crippen molar-refractivity contribution in [1.29, 1.82) is 0 Å². The molecule has 5 heteroatoms. The number of hydrogen-bond acceptors (Lipinski definition) is 5. The third-order valence-corrected chi connectivity index (χ3v) is 6.28. The van der Waals surface area contributed by atoms with E-state index in [1.165, 1.54) is 0 Å². The molecule has 0 saturated carbocycles. The molecule has 0 aromatic heterocycles. The first-order chi connectivity index (χ1) is 15.6. The molecule has 0 spiro atoms. The average Bonchev–Trinajstić information content (AvgIpc) is 2.80. The molecule has 3 atom stereocenters. The zero-order valence-corrected chi connectivity index (χ0v) is 19.4. The highest BCUT2D eigenvalue weighted by molar-refractivity contribution is 5.85. The van der Waals surface area contributed by atoms with Gasteiger partial charge in [0, 0.05) is 11.1 Å². The molecular formula is C28H30O5. The Bertz CT molecular complexity index is 1130. The molecule has 3 aromatic rings. The Morgan fingerprint density at radius 3 is 2.15 bits per heavy atom. The van der Waals surface area contributed by atoms with Gasteiger partial charge in [-0.1, -0.05) is 93.6 Å². The van der Waals surface area contributed by atoms with Crippen LogP contribution < -0.4 is 4.74 Å². The molecule has 2 N–H and O–H groups in total. The van der Waals surface area contributed by atoms with Crippen LogP contribution in [-0.2, 0) is 20.7 Å². The molecule has 5 nitrogen and oxygen atoms in total. The summed E-state index contributed by atoms with van der Waals surface area (Å²) < 4.78 is 11.3. The predicted octanol–water partition coefficient (Wildman–Crippen LogP) is 4.65. The summed E-state index contributed by atoms with van der Waals surface area (Å²) in [6.07, 6.45) is 0. The summed E-state index contributed by atoms with van der Waals surface area (Å²) >= 11 is 0. The molecule has 1 aliphatic heterocycles. The fraction of sp³-hybridized carbons (Fsp3) is 0.321. The van der Waals surface area contributed by atoms with Gasteiger partial charge in [-0.2, -0.15) is 0 Å². The Balaban J connectivity index is 1.99. The highest BCUT2D eigenvalue weighted by Gasteiger charge is 2.67. The Morgan fingerprint density at radius 1 is 0.939 bits per heavy atom. The van der Waals surface area contributed by atoms with Crippen molar-refractivity contribution in [1.82, 2.24) is 0 Å². The first-order valence-electron chi connectivity index (χ1n) is 11.2. The number of carbonyl (C=O) groups excluding carboxylic acids is 1. The van der Waals surface area contributed by atoms with Crippen molar-refractivity contribution >= 4 is 5.97 Å². The third-order valence-electron chi connectivity index (χ3n) is 6.28. The Morgan fingerprint density at radius 2 is 1.55 bits per heavy atom. The first-order valence-corrected chi connectivity index (χ1v) is 11.2. The minimum Gasteiger partial charge on any atom is -0.464 e. The number of rotatable bonds is 4. The van der Waals surface area contributed by atoms with Crippen LogP contribution in [0.25, 0.3) is 0 Å². The molecule has 0 unspecified atom stereocenters. The van der Waals surface area contributed by atoms with Gasteiger partial charge in [0.25, 0.3) is 5.79 Å². The monoisotopic (exact) mass is 446 g/mol. The second-order valence-electron chi connectivity index (χ2n) is 9.44. The fourth-order valence-corrected chi connectivity index (χ4v) is 4.51. The zero-order chi connectivity index (χ0) is 23.9. The van der Waals surface area contributed by atoms with Gasteiger partial charge in [-0.25, -0.2) is 4.79 Å². The van der Waals surface area contributed by atoms with Crippen LogP contribution in [0, 0.1) is 0 Å². The number of para-hydroxylation sites is 1. The molecule has 3 aromatic carbocycles. The third kappa shape index (κ3) is 3.71. The highest BCUT2D eigenvalue weighted by atomic mass is 16.7. The van der Waals surface area contributed by atoms with Gasteiger partial charge in [0.05, 0.1) is 12.5 Å². The number of hydrogen-bond donors (Lipinski definition) is 2. The van der Waals surface area contributed by atoms with E-state index in [4.69, 9.17) is 9.47 Å². The molecule has 1 heterocycles. The largest absolute Gasteiger partial charge is 0.464 e. The molecule has 0 aliphatic carbocycles. The van der Waals surface area contributed by atoms with Crippen molar-refractivity contribution in [2.24, 2.45) is 0 Å². The molecule has 172 valence electrons. The number of benzene rings is 3. The molecule has 0 fully saturated rings. The van der Waals surface area contributed by atoms with Crippen LogP contribution in [0.3, 0.4) is 0 Å². The van der Waals surface area contributed by atoms with Gasteiger partial charge in [0.2, 0.25) is 5.60 Å². The number of esters is 1. The second-order valence-corrected chi connectivity index (χ2v) is 9.44. The molecule has 0 radical (unpaired) electrons. The van der Waals surface area contributed by atoms with Crippen molar-refractivity contribution in [3.05, 3.63) is 101 Å². The smallest absolute Gasteiger partial charge is 0.346 e. The predicted molar refractivity (Wildman–Crippen MR) is 126 cm³/mol. The summed E-state index contributed by atoms with van der Waals surface area (Å²) in [5.41, 5.74) is 0.132. The molecule has 0 saturated heterocycles. The summed E-state index contributed by atoms with van der Waals surface area (Å²) in [6, 6.07) is 23.4. The van der Waals surface area contributed by atoms with Crippen LogP contribution in [0.4, 0.5) is 0 Å². The van der Waals surface area contributed by atoms with Crippen LogP contribution in [0.15, 0.2) is 78.9 Å². The van der Waals surface area contributed by atoms with E-state index in [2.05, 4.69) is 20.8 Å². The van der Waals surface area contributed by atoms with E-state index < -0.39 is 23.3 Å². The zero-order valence-electron chi connectivity index (χ0n) is 19.4. The molecule has 4 rings (SSSR count). The van der Waals surface area contributed by atoms with E-state index in [9.17, 15) is 15.0 Å². The number of ether oxygens (including phenoxy) is 2. The number of carbonyl (C=O) groups is 1. The van der Waals surface area contributed by atoms with E-state index in [-0.39, 0.29) is 17.6 Å². The highest BCUT2D eigenvalue weighted by Crippen LogP contribution is 2.54. The van der Waals surface area contributed by atoms with Crippen molar-refractivity contribution in [2.45, 2.75) is 50.4 Å². The molecule has 33 heavy (non-hydrogen) atoms. The summed E-state index contributed by atoms with van der Waals surface area (Å²) in [7, 11) is 0. The molecule has 1 aliphatic rings. The maximum absolute atomic E-state index is 13.4. The van der Waals surface area contributed by atoms with Crippen LogP contribution in [0.5, 0.6) is 5.75 Å². The first kappa shape index (κ1) is 23.0. The van der Waals surface area contributed by atoms with E-state index >= 15 is 0 Å². The second kappa shape index (κ2) is 8.32. The topological polar surface area (TPSA) is 76.0 Å². The summed E-state index contributed by atoms with van der Waals surface area (Å²) in [5.74, 6) is -3.86. The van der Waals surface area contributed by atoms with Gasteiger partial charge >= 0.3 is 5.97 Å². The number of aliphatic hydroxyl groups is 2. The lowest BCUT2D eigenvalue weighted by molar-refractivity contribution is -0.280. The van der Waals surface area contributed by atoms with Gasteiger partial charge in [-0.3, -0.25) is 0 Å². The van der Waals surface area contributed by atoms with Gasteiger partial charge in [-0.05, 0) is 29.5 Å². The van der Waals surface area contributed by atoms with Crippen molar-refractivity contribution in [2.75, 3.05) is 6.61 Å². The van der Waals surface area contributed by atoms with Crippen molar-refractivity contribution in [3.8, 4) is 5.75 Å². The minimum absolute atomic E-state index is 0.0450. The number of fused-ring (bicyclic) bond motifs is 1. The Labute approximate surface area is 194 Å².